The van der Waals surface area contributed by atoms with Gasteiger partial charge in [-0.1, -0.05) is 24.3 Å². The molecule has 14 heavy (non-hydrogen) atoms. The number of carbonyl (C=O) groups excluding carboxylic acids is 1. The number of benzene rings is 1. The van der Waals surface area contributed by atoms with Crippen LogP contribution in [0.15, 0.2) is 30.0 Å². The lowest BCUT2D eigenvalue weighted by Gasteiger charge is -2.18. The lowest BCUT2D eigenvalue weighted by atomic mass is 10.1. The van der Waals surface area contributed by atoms with Gasteiger partial charge in [0, 0.05) is 12.0 Å². The average Bonchev–Trinajstić information content (AvgIpc) is 2.12. The summed E-state index contributed by atoms with van der Waals surface area (Å²) in [4.78, 5) is 11.0. The third-order valence-electron chi connectivity index (χ3n) is 2.28. The molecule has 2 rings (SSSR count). The Hall–Kier alpha value is -1.57. The summed E-state index contributed by atoms with van der Waals surface area (Å²) in [5.41, 5.74) is 1.84. The smallest absolute Gasteiger partial charge is 0.159 e. The van der Waals surface area contributed by atoms with E-state index in [2.05, 4.69) is 0 Å². The van der Waals surface area contributed by atoms with Gasteiger partial charge in [0.2, 0.25) is 0 Å². The van der Waals surface area contributed by atoms with E-state index >= 15 is 0 Å². The highest BCUT2D eigenvalue weighted by Gasteiger charge is 2.08. The molecule has 0 N–H and O–H groups in total. The second kappa shape index (κ2) is 3.66. The van der Waals surface area contributed by atoms with Gasteiger partial charge >= 0.3 is 0 Å². The number of ether oxygens (including phenoxy) is 1. The average molecular weight is 188 g/mol. The van der Waals surface area contributed by atoms with Crippen molar-refractivity contribution in [2.24, 2.45) is 0 Å². The molecule has 1 fully saturated rings. The van der Waals surface area contributed by atoms with Crippen LogP contribution in [0.4, 0.5) is 0 Å². The van der Waals surface area contributed by atoms with Crippen LogP contribution >= 0.6 is 0 Å². The van der Waals surface area contributed by atoms with Crippen molar-refractivity contribution in [3.8, 4) is 0 Å². The summed E-state index contributed by atoms with van der Waals surface area (Å²) in [7, 11) is 0. The SMILES string of the molecule is CC(=O)c1ccc(C=C2CCO2)cc1. The Balaban J connectivity index is 2.17. The van der Waals surface area contributed by atoms with Gasteiger partial charge in [0.15, 0.2) is 5.78 Å². The van der Waals surface area contributed by atoms with E-state index in [0.717, 1.165) is 29.9 Å². The summed E-state index contributed by atoms with van der Waals surface area (Å²) in [5.74, 6) is 1.13. The summed E-state index contributed by atoms with van der Waals surface area (Å²) < 4.78 is 5.21. The van der Waals surface area contributed by atoms with Gasteiger partial charge < -0.3 is 4.74 Å². The molecule has 0 saturated carbocycles. The van der Waals surface area contributed by atoms with Crippen LogP contribution in [0.25, 0.3) is 6.08 Å². The molecule has 0 radical (unpaired) electrons. The first kappa shape index (κ1) is 9.00. The van der Waals surface area contributed by atoms with Gasteiger partial charge in [0.25, 0.3) is 0 Å². The zero-order valence-electron chi connectivity index (χ0n) is 8.12. The molecule has 1 aliphatic heterocycles. The Bertz CT molecular complexity index is 368. The number of rotatable bonds is 2. The molecule has 1 aromatic rings. The van der Waals surface area contributed by atoms with Crippen LogP contribution in [-0.4, -0.2) is 12.4 Å². The third-order valence-corrected chi connectivity index (χ3v) is 2.28. The summed E-state index contributed by atoms with van der Waals surface area (Å²) in [6.45, 7) is 2.40. The van der Waals surface area contributed by atoms with Crippen molar-refractivity contribution in [2.75, 3.05) is 6.61 Å². The van der Waals surface area contributed by atoms with Gasteiger partial charge in [-0.3, -0.25) is 4.79 Å². The second-order valence-corrected chi connectivity index (χ2v) is 3.39. The molecule has 0 aromatic heterocycles. The predicted octanol–water partition coefficient (Wildman–Crippen LogP) is 2.65. The first-order chi connectivity index (χ1) is 6.75. The molecule has 1 aromatic carbocycles. The van der Waals surface area contributed by atoms with Crippen molar-refractivity contribution < 1.29 is 9.53 Å². The summed E-state index contributed by atoms with van der Waals surface area (Å²) in [6, 6.07) is 7.55. The summed E-state index contributed by atoms with van der Waals surface area (Å²) in [6.07, 6.45) is 3.03. The van der Waals surface area contributed by atoms with E-state index in [1.165, 1.54) is 0 Å². The van der Waals surface area contributed by atoms with Gasteiger partial charge in [-0.2, -0.15) is 0 Å². The topological polar surface area (TPSA) is 26.3 Å². The van der Waals surface area contributed by atoms with Gasteiger partial charge in [-0.15, -0.1) is 0 Å². The number of Topliss-reactive ketones (excluding diaryl/α,β-unsaturated/α-hetero) is 1. The maximum atomic E-state index is 11.0. The molecule has 0 atom stereocenters. The fourth-order valence-corrected chi connectivity index (χ4v) is 1.33. The number of carbonyl (C=O) groups is 1. The zero-order chi connectivity index (χ0) is 9.97. The minimum absolute atomic E-state index is 0.101. The zero-order valence-corrected chi connectivity index (χ0v) is 8.12. The van der Waals surface area contributed by atoms with E-state index in [4.69, 9.17) is 4.74 Å². The largest absolute Gasteiger partial charge is 0.497 e. The van der Waals surface area contributed by atoms with E-state index in [9.17, 15) is 4.79 Å². The van der Waals surface area contributed by atoms with E-state index in [0.29, 0.717) is 0 Å². The van der Waals surface area contributed by atoms with Crippen LogP contribution in [-0.2, 0) is 4.74 Å². The molecule has 0 amide bonds. The minimum atomic E-state index is 0.101. The minimum Gasteiger partial charge on any atom is -0.497 e. The molecule has 2 nitrogen and oxygen atoms in total. The molecule has 72 valence electrons. The molecule has 1 aliphatic rings. The molecule has 0 aliphatic carbocycles. The van der Waals surface area contributed by atoms with E-state index < -0.39 is 0 Å². The van der Waals surface area contributed by atoms with Crippen molar-refractivity contribution in [3.05, 3.63) is 41.2 Å². The van der Waals surface area contributed by atoms with Crippen molar-refractivity contribution in [1.82, 2.24) is 0 Å². The predicted molar refractivity (Wildman–Crippen MR) is 55.0 cm³/mol. The van der Waals surface area contributed by atoms with Crippen LogP contribution in [0, 0.1) is 0 Å². The Morgan fingerprint density at radius 1 is 1.36 bits per heavy atom. The fraction of sp³-hybridized carbons (Fsp3) is 0.250. The van der Waals surface area contributed by atoms with E-state index in [1.807, 2.05) is 30.3 Å². The maximum absolute atomic E-state index is 11.0. The Kier molecular flexibility index (Phi) is 2.35. The van der Waals surface area contributed by atoms with Crippen molar-refractivity contribution in [3.63, 3.8) is 0 Å². The van der Waals surface area contributed by atoms with Crippen molar-refractivity contribution in [2.45, 2.75) is 13.3 Å². The summed E-state index contributed by atoms with van der Waals surface area (Å²) in [5, 5.41) is 0. The first-order valence-electron chi connectivity index (χ1n) is 4.70. The first-order valence-corrected chi connectivity index (χ1v) is 4.70. The lowest BCUT2D eigenvalue weighted by Crippen LogP contribution is -2.07. The van der Waals surface area contributed by atoms with Crippen LogP contribution in [0.1, 0.15) is 29.3 Å². The fourth-order valence-electron chi connectivity index (χ4n) is 1.33. The van der Waals surface area contributed by atoms with Gasteiger partial charge in [0.1, 0.15) is 0 Å². The Morgan fingerprint density at radius 3 is 2.43 bits per heavy atom. The lowest BCUT2D eigenvalue weighted by molar-refractivity contribution is 0.101. The highest BCUT2D eigenvalue weighted by Crippen LogP contribution is 2.19. The molecule has 1 heterocycles. The van der Waals surface area contributed by atoms with E-state index in [-0.39, 0.29) is 5.78 Å². The number of ketones is 1. The Morgan fingerprint density at radius 2 is 2.00 bits per heavy atom. The molecule has 0 unspecified atom stereocenters. The maximum Gasteiger partial charge on any atom is 0.159 e. The standard InChI is InChI=1S/C12H12O2/c1-9(13)11-4-2-10(3-5-11)8-12-6-7-14-12/h2-5,8H,6-7H2,1H3. The monoisotopic (exact) mass is 188 g/mol. The van der Waals surface area contributed by atoms with Gasteiger partial charge in [-0.25, -0.2) is 0 Å². The Labute approximate surface area is 83.2 Å². The van der Waals surface area contributed by atoms with Crippen LogP contribution < -0.4 is 0 Å². The molecule has 1 saturated heterocycles. The third kappa shape index (κ3) is 1.84. The molecular formula is C12H12O2. The van der Waals surface area contributed by atoms with Gasteiger partial charge in [0.05, 0.1) is 12.4 Å². The van der Waals surface area contributed by atoms with Gasteiger partial charge in [-0.05, 0) is 18.6 Å². The molecule has 2 heteroatoms. The molecular weight excluding hydrogens is 176 g/mol. The van der Waals surface area contributed by atoms with Crippen LogP contribution in [0.3, 0.4) is 0 Å². The van der Waals surface area contributed by atoms with Crippen LogP contribution in [0.2, 0.25) is 0 Å². The van der Waals surface area contributed by atoms with Crippen molar-refractivity contribution in [1.29, 1.82) is 0 Å². The highest BCUT2D eigenvalue weighted by atomic mass is 16.5. The number of hydrogen-bond donors (Lipinski definition) is 0. The molecule has 0 spiro atoms. The normalized spacial score (nSPS) is 17.4. The molecule has 0 bridgehead atoms. The summed E-state index contributed by atoms with van der Waals surface area (Å²) >= 11 is 0. The van der Waals surface area contributed by atoms with E-state index in [1.54, 1.807) is 6.92 Å². The highest BCUT2D eigenvalue weighted by molar-refractivity contribution is 5.94. The number of hydrogen-bond acceptors (Lipinski definition) is 2. The van der Waals surface area contributed by atoms with Crippen molar-refractivity contribution >= 4 is 11.9 Å². The second-order valence-electron chi connectivity index (χ2n) is 3.39. The van der Waals surface area contributed by atoms with Crippen LogP contribution in [0.5, 0.6) is 0 Å². The quantitative estimate of drug-likeness (QED) is 0.667.